The van der Waals surface area contributed by atoms with Gasteiger partial charge in [-0.25, -0.2) is 0 Å². The van der Waals surface area contributed by atoms with E-state index < -0.39 is 17.6 Å². The summed E-state index contributed by atoms with van der Waals surface area (Å²) in [5, 5.41) is 2.06. The third kappa shape index (κ3) is 2.82. The summed E-state index contributed by atoms with van der Waals surface area (Å²) in [6, 6.07) is 2.44. The van der Waals surface area contributed by atoms with Crippen LogP contribution in [0.15, 0.2) is 18.2 Å². The quantitative estimate of drug-likeness (QED) is 0.792. The van der Waals surface area contributed by atoms with Gasteiger partial charge in [0.25, 0.3) is 0 Å². The molecule has 3 nitrogen and oxygen atoms in total. The highest BCUT2D eigenvalue weighted by Crippen LogP contribution is 2.31. The van der Waals surface area contributed by atoms with Gasteiger partial charge in [0.1, 0.15) is 0 Å². The molecule has 0 fully saturated rings. The van der Waals surface area contributed by atoms with Crippen LogP contribution in [0, 0.1) is 6.92 Å². The maximum atomic E-state index is 12.3. The van der Waals surface area contributed by atoms with Gasteiger partial charge in [-0.05, 0) is 18.2 Å². The zero-order valence-corrected chi connectivity index (χ0v) is 7.97. The lowest BCUT2D eigenvalue weighted by Crippen LogP contribution is -2.11. The summed E-state index contributed by atoms with van der Waals surface area (Å²) in [6.07, 6.45) is -4.17. The number of halogens is 3. The second kappa shape index (κ2) is 4.34. The summed E-state index contributed by atoms with van der Waals surface area (Å²) in [5.74, 6) is -0.789. The summed E-state index contributed by atoms with van der Waals surface area (Å²) in [6.45, 7) is 2.95. The van der Waals surface area contributed by atoms with E-state index in [9.17, 15) is 22.8 Å². The third-order valence-electron chi connectivity index (χ3n) is 1.78. The molecule has 0 aliphatic heterocycles. The molecule has 1 N–H and O–H groups in total. The molecule has 0 spiro atoms. The number of carbonyl (C=O) groups excluding carboxylic acids is 2. The molecule has 0 heterocycles. The highest BCUT2D eigenvalue weighted by Gasteiger charge is 2.31. The van der Waals surface area contributed by atoms with E-state index in [2.05, 4.69) is 12.2 Å². The Balaban J connectivity index is 3.21. The SMILES string of the molecule is [CH2]C(=O)Nc1cc(C(F)(F)F)ccc1C=O. The Morgan fingerprint density at radius 1 is 1.38 bits per heavy atom. The lowest BCUT2D eigenvalue weighted by atomic mass is 10.1. The van der Waals surface area contributed by atoms with Gasteiger partial charge in [-0.3, -0.25) is 9.59 Å². The molecule has 0 aliphatic rings. The van der Waals surface area contributed by atoms with Gasteiger partial charge in [0.05, 0.1) is 11.3 Å². The molecule has 0 saturated carbocycles. The molecule has 0 atom stereocenters. The first-order valence-electron chi connectivity index (χ1n) is 4.14. The van der Waals surface area contributed by atoms with Crippen LogP contribution in [0.3, 0.4) is 0 Å². The van der Waals surface area contributed by atoms with Gasteiger partial charge in [0, 0.05) is 12.5 Å². The first kappa shape index (κ1) is 12.2. The largest absolute Gasteiger partial charge is 0.416 e. The number of aldehydes is 1. The Bertz CT molecular complexity index is 427. The summed E-state index contributed by atoms with van der Waals surface area (Å²) < 4.78 is 37.0. The molecule has 1 aromatic carbocycles. The van der Waals surface area contributed by atoms with Crippen molar-refractivity contribution >= 4 is 17.9 Å². The maximum absolute atomic E-state index is 12.3. The first-order chi connectivity index (χ1) is 7.34. The molecule has 1 radical (unpaired) electrons. The molecule has 6 heteroatoms. The zero-order chi connectivity index (χ0) is 12.3. The zero-order valence-electron chi connectivity index (χ0n) is 7.97. The number of rotatable bonds is 2. The average molecular weight is 230 g/mol. The number of benzene rings is 1. The van der Waals surface area contributed by atoms with Crippen molar-refractivity contribution in [2.24, 2.45) is 0 Å². The fourth-order valence-corrected chi connectivity index (χ4v) is 1.09. The van der Waals surface area contributed by atoms with Gasteiger partial charge in [0.2, 0.25) is 5.91 Å². The lowest BCUT2D eigenvalue weighted by molar-refractivity contribution is -0.137. The predicted octanol–water partition coefficient (Wildman–Crippen LogP) is 2.29. The minimum Gasteiger partial charge on any atom is -0.325 e. The number of amides is 1. The Morgan fingerprint density at radius 2 is 2.00 bits per heavy atom. The summed E-state index contributed by atoms with van der Waals surface area (Å²) in [7, 11) is 0. The topological polar surface area (TPSA) is 46.2 Å². The van der Waals surface area contributed by atoms with E-state index in [1.54, 1.807) is 0 Å². The van der Waals surface area contributed by atoms with Crippen LogP contribution >= 0.6 is 0 Å². The predicted molar refractivity (Wildman–Crippen MR) is 50.8 cm³/mol. The van der Waals surface area contributed by atoms with Crippen molar-refractivity contribution in [2.75, 3.05) is 5.32 Å². The summed E-state index contributed by atoms with van der Waals surface area (Å²) in [5.41, 5.74) is -1.18. The van der Waals surface area contributed by atoms with Crippen LogP contribution in [0.25, 0.3) is 0 Å². The van der Waals surface area contributed by atoms with E-state index in [4.69, 9.17) is 0 Å². The van der Waals surface area contributed by atoms with Crippen molar-refractivity contribution in [3.63, 3.8) is 0 Å². The molecule has 16 heavy (non-hydrogen) atoms. The fourth-order valence-electron chi connectivity index (χ4n) is 1.09. The van der Waals surface area contributed by atoms with E-state index in [0.29, 0.717) is 12.4 Å². The van der Waals surface area contributed by atoms with Crippen LogP contribution in [-0.2, 0) is 11.0 Å². The normalized spacial score (nSPS) is 11.0. The number of alkyl halides is 3. The van der Waals surface area contributed by atoms with E-state index in [1.165, 1.54) is 0 Å². The summed E-state index contributed by atoms with van der Waals surface area (Å²) in [4.78, 5) is 21.1. The van der Waals surface area contributed by atoms with Crippen LogP contribution in [0.4, 0.5) is 18.9 Å². The second-order valence-corrected chi connectivity index (χ2v) is 2.97. The Hall–Kier alpha value is -1.85. The average Bonchev–Trinajstić information content (AvgIpc) is 2.15. The van der Waals surface area contributed by atoms with E-state index in [1.807, 2.05) is 0 Å². The minimum absolute atomic E-state index is 0.0370. The van der Waals surface area contributed by atoms with Crippen molar-refractivity contribution in [3.8, 4) is 0 Å². The Labute approximate surface area is 89.3 Å². The Kier molecular flexibility index (Phi) is 3.31. The van der Waals surface area contributed by atoms with Crippen molar-refractivity contribution in [3.05, 3.63) is 36.2 Å². The van der Waals surface area contributed by atoms with Crippen LogP contribution < -0.4 is 5.32 Å². The molecule has 0 unspecified atom stereocenters. The highest BCUT2D eigenvalue weighted by atomic mass is 19.4. The number of anilines is 1. The van der Waals surface area contributed by atoms with Crippen molar-refractivity contribution in [2.45, 2.75) is 6.18 Å². The Morgan fingerprint density at radius 3 is 2.44 bits per heavy atom. The number of hydrogen-bond donors (Lipinski definition) is 1. The standard InChI is InChI=1S/C10H7F3NO2/c1-6(16)14-9-4-8(10(11,12)13)3-2-7(9)5-15/h2-5H,1H2,(H,14,16). The lowest BCUT2D eigenvalue weighted by Gasteiger charge is -2.10. The molecule has 1 rings (SSSR count). The van der Waals surface area contributed by atoms with Gasteiger partial charge in [-0.1, -0.05) is 0 Å². The van der Waals surface area contributed by atoms with E-state index >= 15 is 0 Å². The fraction of sp³-hybridized carbons (Fsp3) is 0.100. The van der Waals surface area contributed by atoms with Gasteiger partial charge < -0.3 is 5.32 Å². The van der Waals surface area contributed by atoms with Gasteiger partial charge in [-0.2, -0.15) is 13.2 Å². The monoisotopic (exact) mass is 230 g/mol. The number of hydrogen-bond acceptors (Lipinski definition) is 2. The molecule has 85 valence electrons. The smallest absolute Gasteiger partial charge is 0.325 e. The van der Waals surface area contributed by atoms with Gasteiger partial charge in [-0.15, -0.1) is 0 Å². The molecule has 0 aliphatic carbocycles. The second-order valence-electron chi connectivity index (χ2n) is 2.97. The van der Waals surface area contributed by atoms with Crippen LogP contribution in [0.5, 0.6) is 0 Å². The maximum Gasteiger partial charge on any atom is 0.416 e. The van der Waals surface area contributed by atoms with Gasteiger partial charge >= 0.3 is 6.18 Å². The highest BCUT2D eigenvalue weighted by molar-refractivity contribution is 5.98. The molecular formula is C10H7F3NO2. The molecule has 0 aromatic heterocycles. The summed E-state index contributed by atoms with van der Waals surface area (Å²) >= 11 is 0. The number of carbonyl (C=O) groups is 2. The third-order valence-corrected chi connectivity index (χ3v) is 1.78. The molecule has 1 aromatic rings. The molecular weight excluding hydrogens is 223 g/mol. The molecule has 1 amide bonds. The van der Waals surface area contributed by atoms with Crippen molar-refractivity contribution < 1.29 is 22.8 Å². The minimum atomic E-state index is -4.53. The van der Waals surface area contributed by atoms with Crippen molar-refractivity contribution in [1.82, 2.24) is 0 Å². The van der Waals surface area contributed by atoms with Crippen LogP contribution in [0.2, 0.25) is 0 Å². The van der Waals surface area contributed by atoms with E-state index in [-0.39, 0.29) is 11.3 Å². The van der Waals surface area contributed by atoms with Crippen LogP contribution in [0.1, 0.15) is 15.9 Å². The van der Waals surface area contributed by atoms with Crippen LogP contribution in [-0.4, -0.2) is 12.2 Å². The van der Waals surface area contributed by atoms with E-state index in [0.717, 1.165) is 12.1 Å². The molecule has 0 saturated heterocycles. The van der Waals surface area contributed by atoms with Crippen molar-refractivity contribution in [1.29, 1.82) is 0 Å². The molecule has 0 bridgehead atoms. The number of nitrogens with one attached hydrogen (secondary N) is 1. The van der Waals surface area contributed by atoms with Gasteiger partial charge in [0.15, 0.2) is 6.29 Å². The first-order valence-corrected chi connectivity index (χ1v) is 4.14.